The van der Waals surface area contributed by atoms with Gasteiger partial charge in [0.15, 0.2) is 22.9 Å². The number of aromatic nitrogens is 1. The Bertz CT molecular complexity index is 1530. The lowest BCUT2D eigenvalue weighted by atomic mass is 9.95. The molecule has 0 amide bonds. The Morgan fingerprint density at radius 1 is 1.17 bits per heavy atom. The largest absolute Gasteiger partial charge is 0.490 e. The molecule has 0 radical (unpaired) electrons. The minimum atomic E-state index is -0.646. The second kappa shape index (κ2) is 11.1. The van der Waals surface area contributed by atoms with E-state index in [0.717, 1.165) is 11.1 Å². The van der Waals surface area contributed by atoms with Gasteiger partial charge in [-0.05, 0) is 42.7 Å². The Morgan fingerprint density at radius 2 is 1.94 bits per heavy atom. The van der Waals surface area contributed by atoms with Gasteiger partial charge >= 0.3 is 5.97 Å². The van der Waals surface area contributed by atoms with E-state index in [9.17, 15) is 9.59 Å². The molecular weight excluding hydrogens is 478 g/mol. The molecule has 2 aromatic carbocycles. The van der Waals surface area contributed by atoms with Crippen molar-refractivity contribution in [3.63, 3.8) is 0 Å². The van der Waals surface area contributed by atoms with Gasteiger partial charge in [0.05, 0.1) is 35.6 Å². The van der Waals surface area contributed by atoms with Crippen LogP contribution < -0.4 is 24.4 Å². The number of ether oxygens (including phenoxy) is 3. The molecule has 3 aromatic rings. The summed E-state index contributed by atoms with van der Waals surface area (Å²) in [5, 5.41) is 8.82. The van der Waals surface area contributed by atoms with Crippen molar-refractivity contribution in [2.24, 2.45) is 4.99 Å². The third kappa shape index (κ3) is 4.81. The van der Waals surface area contributed by atoms with E-state index >= 15 is 0 Å². The van der Waals surface area contributed by atoms with E-state index in [1.54, 1.807) is 28.8 Å². The molecule has 184 valence electrons. The fraction of sp³-hybridized carbons (Fsp3) is 0.259. The van der Waals surface area contributed by atoms with Crippen molar-refractivity contribution < 1.29 is 19.0 Å². The molecule has 1 atom stereocenters. The van der Waals surface area contributed by atoms with Crippen LogP contribution in [0.1, 0.15) is 37.4 Å². The number of thiazole rings is 1. The van der Waals surface area contributed by atoms with E-state index in [1.807, 2.05) is 50.2 Å². The summed E-state index contributed by atoms with van der Waals surface area (Å²) in [6.45, 7) is 4.09. The van der Waals surface area contributed by atoms with E-state index in [4.69, 9.17) is 19.5 Å². The van der Waals surface area contributed by atoms with E-state index in [0.29, 0.717) is 45.1 Å². The van der Waals surface area contributed by atoms with Crippen molar-refractivity contribution in [3.05, 3.63) is 90.6 Å². The fourth-order valence-corrected chi connectivity index (χ4v) is 5.10. The summed E-state index contributed by atoms with van der Waals surface area (Å²) >= 11 is 1.26. The second-order valence-corrected chi connectivity index (χ2v) is 8.79. The first-order valence-corrected chi connectivity index (χ1v) is 12.3. The molecule has 4 rings (SSSR count). The highest BCUT2D eigenvalue weighted by Crippen LogP contribution is 2.32. The zero-order valence-electron chi connectivity index (χ0n) is 20.2. The maximum atomic E-state index is 13.7. The average molecular weight is 504 g/mol. The lowest BCUT2D eigenvalue weighted by Gasteiger charge is -2.25. The van der Waals surface area contributed by atoms with Crippen LogP contribution in [-0.4, -0.2) is 30.9 Å². The van der Waals surface area contributed by atoms with E-state index in [1.165, 1.54) is 18.4 Å². The van der Waals surface area contributed by atoms with Gasteiger partial charge < -0.3 is 14.2 Å². The predicted octanol–water partition coefficient (Wildman–Crippen LogP) is 3.10. The number of allylic oxidation sites excluding steroid dienone is 1. The van der Waals surface area contributed by atoms with Crippen LogP contribution in [0.15, 0.2) is 69.6 Å². The molecule has 0 saturated heterocycles. The van der Waals surface area contributed by atoms with Crippen LogP contribution >= 0.6 is 11.3 Å². The molecule has 0 saturated carbocycles. The van der Waals surface area contributed by atoms with Crippen molar-refractivity contribution in [2.75, 3.05) is 20.3 Å². The Hall–Kier alpha value is -4.16. The molecule has 1 aliphatic heterocycles. The van der Waals surface area contributed by atoms with Crippen molar-refractivity contribution in [2.45, 2.75) is 26.3 Å². The summed E-state index contributed by atoms with van der Waals surface area (Å²) in [4.78, 5) is 31.7. The number of rotatable bonds is 8. The number of fused-ring (bicyclic) bond motifs is 1. The highest BCUT2D eigenvalue weighted by atomic mass is 32.1. The van der Waals surface area contributed by atoms with Gasteiger partial charge in [-0.15, -0.1) is 0 Å². The van der Waals surface area contributed by atoms with Gasteiger partial charge in [-0.2, -0.15) is 5.26 Å². The number of nitriles is 1. The lowest BCUT2D eigenvalue weighted by molar-refractivity contribution is -0.136. The van der Waals surface area contributed by atoms with Gasteiger partial charge in [0, 0.05) is 0 Å². The Labute approximate surface area is 212 Å². The summed E-state index contributed by atoms with van der Waals surface area (Å²) in [5.41, 5.74) is 2.23. The average Bonchev–Trinajstić information content (AvgIpc) is 3.21. The van der Waals surface area contributed by atoms with Gasteiger partial charge in [0.1, 0.15) is 6.07 Å². The molecule has 0 unspecified atom stereocenters. The summed E-state index contributed by atoms with van der Waals surface area (Å²) in [6, 6.07) is 16.0. The van der Waals surface area contributed by atoms with Crippen molar-refractivity contribution in [1.82, 2.24) is 4.57 Å². The SMILES string of the molecule is CCOc1cc(/C=c2\sc3n(c2=O)[C@H](c2ccccc2)C(C(=O)OC)=C(CC)N=3)ccc1OCC#N. The number of benzene rings is 2. The third-order valence-electron chi connectivity index (χ3n) is 5.62. The second-order valence-electron chi connectivity index (χ2n) is 7.78. The van der Waals surface area contributed by atoms with E-state index < -0.39 is 12.0 Å². The van der Waals surface area contributed by atoms with Gasteiger partial charge in [0.2, 0.25) is 0 Å². The van der Waals surface area contributed by atoms with Gasteiger partial charge in [-0.25, -0.2) is 9.79 Å². The summed E-state index contributed by atoms with van der Waals surface area (Å²) in [5.74, 6) is 0.433. The first kappa shape index (κ1) is 24.9. The minimum Gasteiger partial charge on any atom is -0.490 e. The van der Waals surface area contributed by atoms with Crippen molar-refractivity contribution in [3.8, 4) is 17.6 Å². The molecule has 0 bridgehead atoms. The van der Waals surface area contributed by atoms with Crippen LogP contribution in [0.4, 0.5) is 0 Å². The Kier molecular flexibility index (Phi) is 7.66. The Balaban J connectivity index is 1.89. The standard InChI is InChI=1S/C27H25N3O5S/c1-4-19-23(26(32)33-3)24(18-9-7-6-8-10-18)30-25(31)22(36-27(30)29-19)16-17-11-12-20(35-14-13-28)21(15-17)34-5-2/h6-12,15-16,24H,4-5,14H2,1-3H3/b22-16-/t24-/m1/s1. The summed E-state index contributed by atoms with van der Waals surface area (Å²) < 4.78 is 18.2. The van der Waals surface area contributed by atoms with Crippen LogP contribution in [0.25, 0.3) is 6.08 Å². The van der Waals surface area contributed by atoms with Gasteiger partial charge in [-0.3, -0.25) is 9.36 Å². The zero-order valence-corrected chi connectivity index (χ0v) is 21.0. The maximum Gasteiger partial charge on any atom is 0.338 e. The molecule has 8 nitrogen and oxygen atoms in total. The molecule has 36 heavy (non-hydrogen) atoms. The molecule has 0 fully saturated rings. The van der Waals surface area contributed by atoms with E-state index in [2.05, 4.69) is 4.99 Å². The van der Waals surface area contributed by atoms with E-state index in [-0.39, 0.29) is 12.2 Å². The maximum absolute atomic E-state index is 13.7. The lowest BCUT2D eigenvalue weighted by Crippen LogP contribution is -2.40. The van der Waals surface area contributed by atoms with Crippen LogP contribution in [0.2, 0.25) is 0 Å². The third-order valence-corrected chi connectivity index (χ3v) is 6.61. The van der Waals surface area contributed by atoms with Gasteiger partial charge in [0.25, 0.3) is 5.56 Å². The number of methoxy groups -OCH3 is 1. The zero-order chi connectivity index (χ0) is 25.7. The number of carbonyl (C=O) groups is 1. The first-order valence-electron chi connectivity index (χ1n) is 11.5. The molecule has 1 aromatic heterocycles. The van der Waals surface area contributed by atoms with Crippen LogP contribution in [0, 0.1) is 11.3 Å². The fourth-order valence-electron chi connectivity index (χ4n) is 4.08. The van der Waals surface area contributed by atoms with Crippen LogP contribution in [0.3, 0.4) is 0 Å². The molecule has 0 N–H and O–H groups in total. The van der Waals surface area contributed by atoms with Crippen LogP contribution in [0.5, 0.6) is 11.5 Å². The monoisotopic (exact) mass is 503 g/mol. The molecule has 9 heteroatoms. The molecule has 2 heterocycles. The summed E-state index contributed by atoms with van der Waals surface area (Å²) in [7, 11) is 1.33. The first-order chi connectivity index (χ1) is 17.5. The molecule has 1 aliphatic rings. The number of carbonyl (C=O) groups excluding carboxylic acids is 1. The molecule has 0 aliphatic carbocycles. The number of esters is 1. The van der Waals surface area contributed by atoms with Gasteiger partial charge in [-0.1, -0.05) is 54.7 Å². The van der Waals surface area contributed by atoms with Crippen molar-refractivity contribution in [1.29, 1.82) is 5.26 Å². The number of hydrogen-bond donors (Lipinski definition) is 0. The number of nitrogens with zero attached hydrogens (tertiary/aromatic N) is 3. The highest BCUT2D eigenvalue weighted by Gasteiger charge is 2.33. The minimum absolute atomic E-state index is 0.0974. The molecular formula is C27H25N3O5S. The normalized spacial score (nSPS) is 15.1. The highest BCUT2D eigenvalue weighted by molar-refractivity contribution is 7.07. The predicted molar refractivity (Wildman–Crippen MR) is 136 cm³/mol. The van der Waals surface area contributed by atoms with Crippen molar-refractivity contribution >= 4 is 23.4 Å². The van der Waals surface area contributed by atoms with Crippen LogP contribution in [-0.2, 0) is 9.53 Å². The summed E-state index contributed by atoms with van der Waals surface area (Å²) in [6.07, 6.45) is 2.27. The number of hydrogen-bond acceptors (Lipinski definition) is 8. The quantitative estimate of drug-likeness (QED) is 0.438. The molecule has 0 spiro atoms. The Morgan fingerprint density at radius 3 is 2.61 bits per heavy atom. The topological polar surface area (TPSA) is 103 Å². The smallest absolute Gasteiger partial charge is 0.338 e.